The first-order chi connectivity index (χ1) is 9.54. The molecule has 0 amide bonds. The summed E-state index contributed by atoms with van der Waals surface area (Å²) < 4.78 is 0. The molecule has 1 saturated carbocycles. The van der Waals surface area contributed by atoms with E-state index in [1.54, 1.807) is 0 Å². The topological polar surface area (TPSA) is 29.3 Å². The van der Waals surface area contributed by atoms with E-state index in [0.29, 0.717) is 6.04 Å². The first kappa shape index (κ1) is 14.1. The van der Waals surface area contributed by atoms with Crippen molar-refractivity contribution in [1.29, 1.82) is 0 Å². The molecule has 1 aliphatic heterocycles. The molecule has 1 aliphatic carbocycles. The predicted molar refractivity (Wildman–Crippen MR) is 84.7 cm³/mol. The molecule has 0 radical (unpaired) electrons. The van der Waals surface area contributed by atoms with Gasteiger partial charge in [-0.2, -0.15) is 0 Å². The minimum Gasteiger partial charge on any atom is -0.327 e. The van der Waals surface area contributed by atoms with Gasteiger partial charge >= 0.3 is 0 Å². The smallest absolute Gasteiger partial charge is 0.0239 e. The summed E-state index contributed by atoms with van der Waals surface area (Å²) in [4.78, 5) is 2.64. The molecule has 20 heavy (non-hydrogen) atoms. The van der Waals surface area contributed by atoms with E-state index < -0.39 is 0 Å². The molecule has 0 bridgehead atoms. The standard InChI is InChI=1S/C18H28N2/c1-12-7-13(2)16(14(3)8-12)10-20-9-15-5-4-6-18(19)17(15)11-20/h7-8,15,17-18H,4-6,9-11,19H2,1-3H3. The molecule has 3 atom stereocenters. The Labute approximate surface area is 123 Å². The molecule has 3 unspecified atom stereocenters. The monoisotopic (exact) mass is 272 g/mol. The Hall–Kier alpha value is -0.860. The van der Waals surface area contributed by atoms with E-state index >= 15 is 0 Å². The van der Waals surface area contributed by atoms with Gasteiger partial charge in [0.25, 0.3) is 0 Å². The highest BCUT2D eigenvalue weighted by Gasteiger charge is 2.38. The summed E-state index contributed by atoms with van der Waals surface area (Å²) in [6.07, 6.45) is 3.96. The minimum absolute atomic E-state index is 0.443. The summed E-state index contributed by atoms with van der Waals surface area (Å²) in [5, 5.41) is 0. The van der Waals surface area contributed by atoms with Crippen molar-refractivity contribution in [3.05, 3.63) is 34.4 Å². The molecule has 2 N–H and O–H groups in total. The lowest BCUT2D eigenvalue weighted by Gasteiger charge is -2.29. The number of nitrogens with two attached hydrogens (primary N) is 1. The van der Waals surface area contributed by atoms with E-state index in [0.717, 1.165) is 18.4 Å². The van der Waals surface area contributed by atoms with Crippen LogP contribution in [0, 0.1) is 32.6 Å². The van der Waals surface area contributed by atoms with Crippen molar-refractivity contribution < 1.29 is 0 Å². The summed E-state index contributed by atoms with van der Waals surface area (Å²) in [5.74, 6) is 1.60. The Bertz CT molecular complexity index is 471. The Morgan fingerprint density at radius 2 is 1.80 bits per heavy atom. The van der Waals surface area contributed by atoms with E-state index in [9.17, 15) is 0 Å². The van der Waals surface area contributed by atoms with Crippen LogP contribution in [-0.4, -0.2) is 24.0 Å². The normalized spacial score (nSPS) is 30.5. The van der Waals surface area contributed by atoms with Crippen molar-refractivity contribution in [3.63, 3.8) is 0 Å². The average molecular weight is 272 g/mol. The van der Waals surface area contributed by atoms with Crippen LogP contribution in [0.1, 0.15) is 41.5 Å². The summed E-state index contributed by atoms with van der Waals surface area (Å²) in [5.41, 5.74) is 12.1. The van der Waals surface area contributed by atoms with Crippen LogP contribution in [-0.2, 0) is 6.54 Å². The second-order valence-corrected chi connectivity index (χ2v) is 7.09. The number of hydrogen-bond acceptors (Lipinski definition) is 2. The quantitative estimate of drug-likeness (QED) is 0.896. The molecule has 2 fully saturated rings. The SMILES string of the molecule is Cc1cc(C)c(CN2CC3CCCC(N)C3C2)c(C)c1. The first-order valence-electron chi connectivity index (χ1n) is 8.09. The molecule has 110 valence electrons. The fraction of sp³-hybridized carbons (Fsp3) is 0.667. The van der Waals surface area contributed by atoms with Crippen LogP contribution in [0.15, 0.2) is 12.1 Å². The summed E-state index contributed by atoms with van der Waals surface area (Å²) in [6, 6.07) is 5.08. The molecule has 1 aromatic carbocycles. The van der Waals surface area contributed by atoms with Crippen LogP contribution >= 0.6 is 0 Å². The van der Waals surface area contributed by atoms with Crippen LogP contribution < -0.4 is 5.73 Å². The molecule has 3 rings (SSSR count). The largest absolute Gasteiger partial charge is 0.327 e. The fourth-order valence-electron chi connectivity index (χ4n) is 4.42. The minimum atomic E-state index is 0.443. The fourth-order valence-corrected chi connectivity index (χ4v) is 4.42. The molecule has 2 heteroatoms. The zero-order valence-corrected chi connectivity index (χ0v) is 13.2. The number of nitrogens with zero attached hydrogens (tertiary/aromatic N) is 1. The lowest BCUT2D eigenvalue weighted by atomic mass is 9.78. The van der Waals surface area contributed by atoms with Gasteiger partial charge in [-0.25, -0.2) is 0 Å². The third-order valence-corrected chi connectivity index (χ3v) is 5.45. The van der Waals surface area contributed by atoms with Crippen molar-refractivity contribution >= 4 is 0 Å². The van der Waals surface area contributed by atoms with Crippen molar-refractivity contribution in [3.8, 4) is 0 Å². The second kappa shape index (κ2) is 5.50. The van der Waals surface area contributed by atoms with Gasteiger partial charge in [-0.1, -0.05) is 24.1 Å². The molecule has 1 aromatic rings. The van der Waals surface area contributed by atoms with Gasteiger partial charge in [-0.05, 0) is 62.1 Å². The third kappa shape index (κ3) is 2.64. The predicted octanol–water partition coefficient (Wildman–Crippen LogP) is 3.17. The van der Waals surface area contributed by atoms with Gasteiger partial charge in [0.2, 0.25) is 0 Å². The van der Waals surface area contributed by atoms with Crippen LogP contribution in [0.4, 0.5) is 0 Å². The highest BCUT2D eigenvalue weighted by atomic mass is 15.2. The highest BCUT2D eigenvalue weighted by molar-refractivity contribution is 5.37. The Morgan fingerprint density at radius 3 is 2.45 bits per heavy atom. The molecule has 1 saturated heterocycles. The van der Waals surface area contributed by atoms with E-state index in [2.05, 4.69) is 37.8 Å². The van der Waals surface area contributed by atoms with Gasteiger partial charge in [0.1, 0.15) is 0 Å². The van der Waals surface area contributed by atoms with Gasteiger partial charge in [0.15, 0.2) is 0 Å². The molecular formula is C18H28N2. The first-order valence-corrected chi connectivity index (χ1v) is 8.09. The second-order valence-electron chi connectivity index (χ2n) is 7.09. The number of likely N-dealkylation sites (tertiary alicyclic amines) is 1. The summed E-state index contributed by atoms with van der Waals surface area (Å²) >= 11 is 0. The third-order valence-electron chi connectivity index (χ3n) is 5.45. The van der Waals surface area contributed by atoms with Crippen LogP contribution in [0.2, 0.25) is 0 Å². The maximum absolute atomic E-state index is 6.33. The highest BCUT2D eigenvalue weighted by Crippen LogP contribution is 2.36. The van der Waals surface area contributed by atoms with Gasteiger partial charge in [0, 0.05) is 25.7 Å². The summed E-state index contributed by atoms with van der Waals surface area (Å²) in [7, 11) is 0. The molecule has 0 aromatic heterocycles. The maximum atomic E-state index is 6.33. The maximum Gasteiger partial charge on any atom is 0.0239 e. The molecule has 0 spiro atoms. The molecule has 2 aliphatic rings. The number of aryl methyl sites for hydroxylation is 3. The van der Waals surface area contributed by atoms with Gasteiger partial charge in [0.05, 0.1) is 0 Å². The van der Waals surface area contributed by atoms with Crippen molar-refractivity contribution in [1.82, 2.24) is 4.90 Å². The lowest BCUT2D eigenvalue weighted by Crippen LogP contribution is -2.38. The van der Waals surface area contributed by atoms with Crippen LogP contribution in [0.5, 0.6) is 0 Å². The Balaban J connectivity index is 1.73. The lowest BCUT2D eigenvalue weighted by molar-refractivity contribution is 0.259. The zero-order valence-electron chi connectivity index (χ0n) is 13.2. The number of fused-ring (bicyclic) bond motifs is 1. The number of hydrogen-bond donors (Lipinski definition) is 1. The molecule has 2 nitrogen and oxygen atoms in total. The van der Waals surface area contributed by atoms with Crippen molar-refractivity contribution in [2.45, 2.75) is 52.6 Å². The molecular weight excluding hydrogens is 244 g/mol. The van der Waals surface area contributed by atoms with Crippen LogP contribution in [0.25, 0.3) is 0 Å². The van der Waals surface area contributed by atoms with Gasteiger partial charge in [-0.3, -0.25) is 4.90 Å². The Kier molecular flexibility index (Phi) is 3.87. The van der Waals surface area contributed by atoms with E-state index in [1.165, 1.54) is 54.6 Å². The van der Waals surface area contributed by atoms with E-state index in [1.807, 2.05) is 0 Å². The number of benzene rings is 1. The van der Waals surface area contributed by atoms with E-state index in [4.69, 9.17) is 5.73 Å². The van der Waals surface area contributed by atoms with Crippen molar-refractivity contribution in [2.24, 2.45) is 17.6 Å². The Morgan fingerprint density at radius 1 is 1.10 bits per heavy atom. The van der Waals surface area contributed by atoms with Gasteiger partial charge in [-0.15, -0.1) is 0 Å². The van der Waals surface area contributed by atoms with Gasteiger partial charge < -0.3 is 5.73 Å². The van der Waals surface area contributed by atoms with Crippen LogP contribution in [0.3, 0.4) is 0 Å². The zero-order chi connectivity index (χ0) is 14.3. The van der Waals surface area contributed by atoms with Crippen molar-refractivity contribution in [2.75, 3.05) is 13.1 Å². The average Bonchev–Trinajstić information content (AvgIpc) is 2.78. The number of rotatable bonds is 2. The van der Waals surface area contributed by atoms with E-state index in [-0.39, 0.29) is 0 Å². The summed E-state index contributed by atoms with van der Waals surface area (Å²) in [6.45, 7) is 10.3. The molecule has 1 heterocycles.